The third kappa shape index (κ3) is 5.00. The minimum atomic E-state index is -0.586. The van der Waals surface area contributed by atoms with Crippen LogP contribution in [0.5, 0.6) is 5.75 Å². The van der Waals surface area contributed by atoms with Gasteiger partial charge in [-0.25, -0.2) is 0 Å². The van der Waals surface area contributed by atoms with Crippen LogP contribution in [-0.4, -0.2) is 36.3 Å². The number of ether oxygens (including phenoxy) is 1. The molecule has 1 atom stereocenters. The van der Waals surface area contributed by atoms with Crippen molar-refractivity contribution >= 4 is 11.6 Å². The van der Waals surface area contributed by atoms with Gasteiger partial charge in [0.15, 0.2) is 0 Å². The normalized spacial score (nSPS) is 18.0. The lowest BCUT2D eigenvalue weighted by molar-refractivity contribution is -0.116. The second-order valence-electron chi connectivity index (χ2n) is 6.20. The van der Waals surface area contributed by atoms with Gasteiger partial charge in [-0.05, 0) is 31.9 Å². The fourth-order valence-corrected chi connectivity index (χ4v) is 2.84. The fraction of sp³-hybridized carbons (Fsp3) is 0.588. The SMILES string of the molecule is COc1cccc(NC(=O)CC(C)NCC2(O)CCCC2)c1. The number of benzene rings is 1. The van der Waals surface area contributed by atoms with Gasteiger partial charge in [0.2, 0.25) is 5.91 Å². The first-order valence-electron chi connectivity index (χ1n) is 7.90. The molecule has 0 saturated heterocycles. The minimum Gasteiger partial charge on any atom is -0.497 e. The molecule has 1 aromatic rings. The first kappa shape index (κ1) is 16.8. The molecule has 0 aromatic heterocycles. The number of amides is 1. The summed E-state index contributed by atoms with van der Waals surface area (Å²) in [4.78, 5) is 12.0. The summed E-state index contributed by atoms with van der Waals surface area (Å²) >= 11 is 0. The van der Waals surface area contributed by atoms with Crippen molar-refractivity contribution in [2.75, 3.05) is 19.0 Å². The smallest absolute Gasteiger partial charge is 0.225 e. The average molecular weight is 306 g/mol. The Morgan fingerprint density at radius 3 is 2.82 bits per heavy atom. The molecule has 3 N–H and O–H groups in total. The van der Waals surface area contributed by atoms with E-state index in [2.05, 4.69) is 10.6 Å². The van der Waals surface area contributed by atoms with Crippen LogP contribution in [0.3, 0.4) is 0 Å². The molecule has 1 fully saturated rings. The van der Waals surface area contributed by atoms with E-state index in [1.807, 2.05) is 25.1 Å². The summed E-state index contributed by atoms with van der Waals surface area (Å²) in [6.07, 6.45) is 4.24. The zero-order valence-corrected chi connectivity index (χ0v) is 13.4. The molecular weight excluding hydrogens is 280 g/mol. The Bertz CT molecular complexity index is 498. The Morgan fingerprint density at radius 1 is 1.41 bits per heavy atom. The minimum absolute atomic E-state index is 0.0234. The third-order valence-electron chi connectivity index (χ3n) is 4.16. The molecule has 22 heavy (non-hydrogen) atoms. The molecule has 5 heteroatoms. The Hall–Kier alpha value is -1.59. The van der Waals surface area contributed by atoms with Gasteiger partial charge in [0, 0.05) is 30.8 Å². The first-order chi connectivity index (χ1) is 10.5. The average Bonchev–Trinajstić information content (AvgIpc) is 2.92. The lowest BCUT2D eigenvalue weighted by atomic mass is 10.0. The second kappa shape index (κ2) is 7.61. The highest BCUT2D eigenvalue weighted by atomic mass is 16.5. The first-order valence-corrected chi connectivity index (χ1v) is 7.90. The van der Waals surface area contributed by atoms with Crippen LogP contribution in [0.2, 0.25) is 0 Å². The molecule has 0 spiro atoms. The van der Waals surface area contributed by atoms with E-state index >= 15 is 0 Å². The molecule has 1 aliphatic carbocycles. The molecule has 1 saturated carbocycles. The predicted molar refractivity (Wildman–Crippen MR) is 87.1 cm³/mol. The summed E-state index contributed by atoms with van der Waals surface area (Å²) in [5.74, 6) is 0.666. The molecule has 0 aliphatic heterocycles. The fourth-order valence-electron chi connectivity index (χ4n) is 2.84. The zero-order valence-electron chi connectivity index (χ0n) is 13.4. The monoisotopic (exact) mass is 306 g/mol. The highest BCUT2D eigenvalue weighted by molar-refractivity contribution is 5.91. The van der Waals surface area contributed by atoms with E-state index in [-0.39, 0.29) is 11.9 Å². The molecule has 1 unspecified atom stereocenters. The molecule has 0 heterocycles. The van der Waals surface area contributed by atoms with Crippen molar-refractivity contribution in [3.8, 4) is 5.75 Å². The van der Waals surface area contributed by atoms with Gasteiger partial charge in [-0.2, -0.15) is 0 Å². The van der Waals surface area contributed by atoms with Gasteiger partial charge in [-0.1, -0.05) is 18.9 Å². The maximum atomic E-state index is 12.0. The molecule has 1 aromatic carbocycles. The molecule has 5 nitrogen and oxygen atoms in total. The van der Waals surface area contributed by atoms with Gasteiger partial charge in [0.25, 0.3) is 0 Å². The van der Waals surface area contributed by atoms with E-state index in [1.54, 1.807) is 13.2 Å². The van der Waals surface area contributed by atoms with E-state index < -0.39 is 5.60 Å². The predicted octanol–water partition coefficient (Wildman–Crippen LogP) is 2.31. The molecular formula is C17H26N2O3. The van der Waals surface area contributed by atoms with Crippen LogP contribution in [0.15, 0.2) is 24.3 Å². The number of carbonyl (C=O) groups excluding carboxylic acids is 1. The molecule has 2 rings (SSSR count). The summed E-state index contributed by atoms with van der Waals surface area (Å²) in [6.45, 7) is 2.52. The number of nitrogens with one attached hydrogen (secondary N) is 2. The van der Waals surface area contributed by atoms with E-state index in [4.69, 9.17) is 4.74 Å². The number of hydrogen-bond acceptors (Lipinski definition) is 4. The van der Waals surface area contributed by atoms with Gasteiger partial charge >= 0.3 is 0 Å². The number of anilines is 1. The van der Waals surface area contributed by atoms with E-state index in [1.165, 1.54) is 0 Å². The van der Waals surface area contributed by atoms with Crippen LogP contribution < -0.4 is 15.4 Å². The highest BCUT2D eigenvalue weighted by Crippen LogP contribution is 2.28. The number of hydrogen-bond donors (Lipinski definition) is 3. The van der Waals surface area contributed by atoms with Crippen LogP contribution in [-0.2, 0) is 4.79 Å². The Labute approximate surface area is 132 Å². The topological polar surface area (TPSA) is 70.6 Å². The van der Waals surface area contributed by atoms with Crippen molar-refractivity contribution in [3.63, 3.8) is 0 Å². The largest absolute Gasteiger partial charge is 0.497 e. The van der Waals surface area contributed by atoms with Crippen LogP contribution in [0, 0.1) is 0 Å². The van der Waals surface area contributed by atoms with Crippen LogP contribution in [0.1, 0.15) is 39.0 Å². The molecule has 1 aliphatic rings. The van der Waals surface area contributed by atoms with E-state index in [9.17, 15) is 9.90 Å². The van der Waals surface area contributed by atoms with E-state index in [0.29, 0.717) is 18.7 Å². The van der Waals surface area contributed by atoms with Crippen molar-refractivity contribution in [2.45, 2.75) is 50.7 Å². The van der Waals surface area contributed by atoms with Crippen molar-refractivity contribution in [2.24, 2.45) is 0 Å². The van der Waals surface area contributed by atoms with Crippen molar-refractivity contribution < 1.29 is 14.6 Å². The number of rotatable bonds is 7. The molecule has 122 valence electrons. The Kier molecular flexibility index (Phi) is 5.80. The standard InChI is InChI=1S/C17H26N2O3/c1-13(18-12-17(21)8-3-4-9-17)10-16(20)19-14-6-5-7-15(11-14)22-2/h5-7,11,13,18,21H,3-4,8-10,12H2,1-2H3,(H,19,20). The van der Waals surface area contributed by atoms with Crippen LogP contribution in [0.25, 0.3) is 0 Å². The zero-order chi connectivity index (χ0) is 16.0. The Morgan fingerprint density at radius 2 is 2.14 bits per heavy atom. The lowest BCUT2D eigenvalue weighted by Gasteiger charge is -2.25. The quantitative estimate of drug-likeness (QED) is 0.723. The lowest BCUT2D eigenvalue weighted by Crippen LogP contribution is -2.42. The van der Waals surface area contributed by atoms with Gasteiger partial charge in [0.1, 0.15) is 5.75 Å². The summed E-state index contributed by atoms with van der Waals surface area (Å²) in [7, 11) is 1.60. The summed E-state index contributed by atoms with van der Waals surface area (Å²) in [6, 6.07) is 7.32. The number of carbonyl (C=O) groups is 1. The van der Waals surface area contributed by atoms with Crippen molar-refractivity contribution in [1.82, 2.24) is 5.32 Å². The summed E-state index contributed by atoms with van der Waals surface area (Å²) < 4.78 is 5.13. The number of aliphatic hydroxyl groups is 1. The molecule has 0 radical (unpaired) electrons. The van der Waals surface area contributed by atoms with Crippen LogP contribution in [0.4, 0.5) is 5.69 Å². The van der Waals surface area contributed by atoms with Crippen molar-refractivity contribution in [1.29, 1.82) is 0 Å². The number of methoxy groups -OCH3 is 1. The third-order valence-corrected chi connectivity index (χ3v) is 4.16. The van der Waals surface area contributed by atoms with Gasteiger partial charge in [0.05, 0.1) is 12.7 Å². The van der Waals surface area contributed by atoms with Crippen LogP contribution >= 0.6 is 0 Å². The second-order valence-corrected chi connectivity index (χ2v) is 6.20. The van der Waals surface area contributed by atoms with E-state index in [0.717, 1.165) is 31.4 Å². The summed E-state index contributed by atoms with van der Waals surface area (Å²) in [5, 5.41) is 16.4. The van der Waals surface area contributed by atoms with Gasteiger partial charge in [-0.3, -0.25) is 4.79 Å². The molecule has 1 amide bonds. The van der Waals surface area contributed by atoms with Crippen molar-refractivity contribution in [3.05, 3.63) is 24.3 Å². The summed E-state index contributed by atoms with van der Waals surface area (Å²) in [5.41, 5.74) is 0.142. The maximum absolute atomic E-state index is 12.0. The highest BCUT2D eigenvalue weighted by Gasteiger charge is 2.31. The van der Waals surface area contributed by atoms with Gasteiger partial charge in [-0.15, -0.1) is 0 Å². The molecule has 0 bridgehead atoms. The maximum Gasteiger partial charge on any atom is 0.225 e. The Balaban J connectivity index is 1.76. The van der Waals surface area contributed by atoms with Gasteiger partial charge < -0.3 is 20.5 Å².